The molecule has 1 saturated heterocycles. The minimum absolute atomic E-state index is 0.117. The molecule has 0 unspecified atom stereocenters. The number of fused-ring (bicyclic) bond motifs is 1. The standard InChI is InChI=1S/C22H15BrFNO3S/c23-16-8-9-18(24)15(12-16)13-20-21(26)25(22(27)29-20)10-11-28-19-7-3-5-14-4-1-2-6-17(14)19/h1-9,12-13H,10-11H2/b20-13-. The molecule has 0 aromatic heterocycles. The summed E-state index contributed by atoms with van der Waals surface area (Å²) in [4.78, 5) is 26.2. The molecule has 4 nitrogen and oxygen atoms in total. The molecule has 1 aliphatic rings. The van der Waals surface area contributed by atoms with E-state index in [0.717, 1.165) is 27.4 Å². The first-order valence-corrected chi connectivity index (χ1v) is 10.4. The summed E-state index contributed by atoms with van der Waals surface area (Å²) in [5, 5.41) is 1.63. The Hall–Kier alpha value is -2.64. The number of benzene rings is 3. The lowest BCUT2D eigenvalue weighted by atomic mass is 10.1. The Labute approximate surface area is 179 Å². The number of thioether (sulfide) groups is 1. The number of rotatable bonds is 5. The molecular formula is C22H15BrFNO3S. The second kappa shape index (κ2) is 8.39. The first-order chi connectivity index (χ1) is 14.0. The summed E-state index contributed by atoms with van der Waals surface area (Å²) in [6, 6.07) is 18.0. The highest BCUT2D eigenvalue weighted by Crippen LogP contribution is 2.33. The van der Waals surface area contributed by atoms with E-state index in [1.54, 1.807) is 12.1 Å². The van der Waals surface area contributed by atoms with Crippen molar-refractivity contribution in [3.8, 4) is 5.75 Å². The molecule has 0 aliphatic carbocycles. The quantitative estimate of drug-likeness (QED) is 0.437. The van der Waals surface area contributed by atoms with Gasteiger partial charge in [-0.2, -0.15) is 0 Å². The van der Waals surface area contributed by atoms with Crippen molar-refractivity contribution < 1.29 is 18.7 Å². The molecule has 1 heterocycles. The van der Waals surface area contributed by atoms with Crippen LogP contribution in [0.2, 0.25) is 0 Å². The Bertz CT molecular complexity index is 1140. The third-order valence-electron chi connectivity index (χ3n) is 4.44. The van der Waals surface area contributed by atoms with Crippen LogP contribution < -0.4 is 4.74 Å². The van der Waals surface area contributed by atoms with Crippen LogP contribution in [-0.4, -0.2) is 29.2 Å². The van der Waals surface area contributed by atoms with Crippen molar-refractivity contribution in [2.45, 2.75) is 0 Å². The average Bonchev–Trinajstić information content (AvgIpc) is 2.98. The molecule has 0 spiro atoms. The Morgan fingerprint density at radius 3 is 2.72 bits per heavy atom. The van der Waals surface area contributed by atoms with Crippen molar-refractivity contribution >= 4 is 55.7 Å². The molecule has 1 aliphatic heterocycles. The monoisotopic (exact) mass is 471 g/mol. The fourth-order valence-corrected chi connectivity index (χ4v) is 4.26. The number of carbonyl (C=O) groups is 2. The van der Waals surface area contributed by atoms with Crippen LogP contribution in [0, 0.1) is 5.82 Å². The van der Waals surface area contributed by atoms with Gasteiger partial charge >= 0.3 is 0 Å². The lowest BCUT2D eigenvalue weighted by molar-refractivity contribution is -0.123. The van der Waals surface area contributed by atoms with E-state index in [1.807, 2.05) is 42.5 Å². The van der Waals surface area contributed by atoms with Crippen LogP contribution in [0.15, 0.2) is 70.0 Å². The lowest BCUT2D eigenvalue weighted by Gasteiger charge is -2.14. The van der Waals surface area contributed by atoms with E-state index in [0.29, 0.717) is 10.2 Å². The maximum atomic E-state index is 14.0. The largest absolute Gasteiger partial charge is 0.491 e. The highest BCUT2D eigenvalue weighted by Gasteiger charge is 2.35. The van der Waals surface area contributed by atoms with E-state index in [9.17, 15) is 14.0 Å². The van der Waals surface area contributed by atoms with Gasteiger partial charge in [0, 0.05) is 15.4 Å². The maximum absolute atomic E-state index is 14.0. The zero-order valence-corrected chi connectivity index (χ0v) is 17.5. The Balaban J connectivity index is 1.46. The third-order valence-corrected chi connectivity index (χ3v) is 5.84. The van der Waals surface area contributed by atoms with Gasteiger partial charge in [-0.05, 0) is 47.5 Å². The summed E-state index contributed by atoms with van der Waals surface area (Å²) in [5.74, 6) is -0.206. The first-order valence-electron chi connectivity index (χ1n) is 8.84. The predicted molar refractivity (Wildman–Crippen MR) is 116 cm³/mol. The zero-order valence-electron chi connectivity index (χ0n) is 15.1. The van der Waals surface area contributed by atoms with Gasteiger partial charge in [-0.15, -0.1) is 0 Å². The van der Waals surface area contributed by atoms with Crippen LogP contribution in [-0.2, 0) is 4.79 Å². The van der Waals surface area contributed by atoms with E-state index >= 15 is 0 Å². The van der Waals surface area contributed by atoms with E-state index < -0.39 is 17.0 Å². The molecule has 0 bridgehead atoms. The zero-order chi connectivity index (χ0) is 20.4. The molecule has 29 heavy (non-hydrogen) atoms. The van der Waals surface area contributed by atoms with Gasteiger partial charge in [0.15, 0.2) is 0 Å². The van der Waals surface area contributed by atoms with Gasteiger partial charge in [0.25, 0.3) is 11.1 Å². The summed E-state index contributed by atoms with van der Waals surface area (Å²) in [6.45, 7) is 0.288. The van der Waals surface area contributed by atoms with E-state index in [1.165, 1.54) is 12.1 Å². The minimum atomic E-state index is -0.459. The summed E-state index contributed by atoms with van der Waals surface area (Å²) in [6.07, 6.45) is 1.40. The molecule has 0 atom stereocenters. The van der Waals surface area contributed by atoms with Crippen LogP contribution in [0.1, 0.15) is 5.56 Å². The Kier molecular flexibility index (Phi) is 5.69. The van der Waals surface area contributed by atoms with Gasteiger partial charge in [0.1, 0.15) is 18.2 Å². The number of imide groups is 1. The number of carbonyl (C=O) groups excluding carboxylic acids is 2. The highest BCUT2D eigenvalue weighted by molar-refractivity contribution is 9.10. The summed E-state index contributed by atoms with van der Waals surface area (Å²) >= 11 is 4.08. The molecule has 146 valence electrons. The smallest absolute Gasteiger partial charge is 0.293 e. The molecular weight excluding hydrogens is 457 g/mol. The van der Waals surface area contributed by atoms with Gasteiger partial charge in [0.05, 0.1) is 11.4 Å². The van der Waals surface area contributed by atoms with E-state index in [-0.39, 0.29) is 23.6 Å². The topological polar surface area (TPSA) is 46.6 Å². The van der Waals surface area contributed by atoms with Gasteiger partial charge < -0.3 is 4.74 Å². The number of hydrogen-bond donors (Lipinski definition) is 0. The molecule has 4 rings (SSSR count). The normalized spacial score (nSPS) is 15.5. The number of hydrogen-bond acceptors (Lipinski definition) is 4. The molecule has 0 N–H and O–H groups in total. The molecule has 1 fully saturated rings. The fourth-order valence-electron chi connectivity index (χ4n) is 3.03. The average molecular weight is 472 g/mol. The van der Waals surface area contributed by atoms with Crippen molar-refractivity contribution in [3.63, 3.8) is 0 Å². The first kappa shape index (κ1) is 19.7. The van der Waals surface area contributed by atoms with Crippen LogP contribution in [0.4, 0.5) is 9.18 Å². The fraction of sp³-hybridized carbons (Fsp3) is 0.0909. The van der Waals surface area contributed by atoms with Gasteiger partial charge in [-0.3, -0.25) is 14.5 Å². The summed E-state index contributed by atoms with van der Waals surface area (Å²) in [5.41, 5.74) is 0.247. The molecule has 0 radical (unpaired) electrons. The lowest BCUT2D eigenvalue weighted by Crippen LogP contribution is -2.32. The SMILES string of the molecule is O=C1S/C(=C\c2cc(Br)ccc2F)C(=O)N1CCOc1cccc2ccccc12. The van der Waals surface area contributed by atoms with Crippen LogP contribution in [0.5, 0.6) is 5.75 Å². The van der Waals surface area contributed by atoms with E-state index in [4.69, 9.17) is 4.74 Å². The summed E-state index contributed by atoms with van der Waals surface area (Å²) < 4.78 is 20.5. The van der Waals surface area contributed by atoms with Crippen molar-refractivity contribution in [2.75, 3.05) is 13.2 Å². The van der Waals surface area contributed by atoms with Crippen molar-refractivity contribution in [2.24, 2.45) is 0 Å². The molecule has 2 amide bonds. The van der Waals surface area contributed by atoms with Crippen LogP contribution in [0.3, 0.4) is 0 Å². The number of amides is 2. The van der Waals surface area contributed by atoms with E-state index in [2.05, 4.69) is 15.9 Å². The Morgan fingerprint density at radius 2 is 1.86 bits per heavy atom. The highest BCUT2D eigenvalue weighted by atomic mass is 79.9. The van der Waals surface area contributed by atoms with Gasteiger partial charge in [0.2, 0.25) is 0 Å². The molecule has 3 aromatic carbocycles. The van der Waals surface area contributed by atoms with Gasteiger partial charge in [-0.25, -0.2) is 4.39 Å². The minimum Gasteiger partial charge on any atom is -0.491 e. The van der Waals surface area contributed by atoms with Crippen molar-refractivity contribution in [1.82, 2.24) is 4.90 Å². The maximum Gasteiger partial charge on any atom is 0.293 e. The summed E-state index contributed by atoms with van der Waals surface area (Å²) in [7, 11) is 0. The molecule has 7 heteroatoms. The number of ether oxygens (including phenoxy) is 1. The van der Waals surface area contributed by atoms with Crippen LogP contribution in [0.25, 0.3) is 16.8 Å². The van der Waals surface area contributed by atoms with Crippen molar-refractivity contribution in [1.29, 1.82) is 0 Å². The van der Waals surface area contributed by atoms with Crippen molar-refractivity contribution in [3.05, 3.63) is 81.4 Å². The molecule has 0 saturated carbocycles. The van der Waals surface area contributed by atoms with Gasteiger partial charge in [-0.1, -0.05) is 52.3 Å². The second-order valence-corrected chi connectivity index (χ2v) is 8.23. The predicted octanol–water partition coefficient (Wildman–Crippen LogP) is 5.86. The number of halogens is 2. The number of nitrogens with zero attached hydrogens (tertiary/aromatic N) is 1. The van der Waals surface area contributed by atoms with Crippen LogP contribution >= 0.6 is 27.7 Å². The third kappa shape index (κ3) is 4.21. The second-order valence-electron chi connectivity index (χ2n) is 6.32. The molecule has 3 aromatic rings. The Morgan fingerprint density at radius 1 is 1.07 bits per heavy atom.